The number of methoxy groups -OCH3 is 3. The zero-order valence-electron chi connectivity index (χ0n) is 75.2. The predicted octanol–water partition coefficient (Wildman–Crippen LogP) is 18.5. The van der Waals surface area contributed by atoms with Crippen LogP contribution in [-0.2, 0) is 61.9 Å². The first-order valence-electron chi connectivity index (χ1n) is 44.3. The molecule has 34 heteroatoms. The topological polar surface area (TPSA) is 322 Å². The molecule has 3 aliphatic carbocycles. The molecule has 3 saturated carbocycles. The van der Waals surface area contributed by atoms with Crippen molar-refractivity contribution in [3.63, 3.8) is 0 Å². The van der Waals surface area contributed by atoms with Crippen molar-refractivity contribution in [3.05, 3.63) is 87.8 Å². The van der Waals surface area contributed by atoms with Crippen LogP contribution in [0.2, 0.25) is 0 Å². The normalized spacial score (nSPS) is 21.5. The molecular weight excluding hydrogens is 1680 g/mol. The summed E-state index contributed by atoms with van der Waals surface area (Å²) in [4.78, 5) is 104. The lowest BCUT2D eigenvalue weighted by Gasteiger charge is -2.37. The smallest absolute Gasteiger partial charge is 0.490 e. The third kappa shape index (κ3) is 22.9. The molecule has 684 valence electrons. The van der Waals surface area contributed by atoms with Gasteiger partial charge in [-0.25, -0.2) is 38.7 Å². The number of carbonyl (C=O) groups excluding carboxylic acids is 6. The highest BCUT2D eigenvalue weighted by molar-refractivity contribution is 9.11. The molecule has 0 radical (unpaired) electrons. The first kappa shape index (κ1) is 95.0. The molecule has 5 aromatic rings. The van der Waals surface area contributed by atoms with E-state index in [-0.39, 0.29) is 72.8 Å². The number of imidazole rings is 2. The standard InChI is InChI=1S/C29H40N4O5.C24H32N4O3.C22H32BNO5.C14H21BrN2O2.C2HF3O3/c1-18-9-10-22-24(33(18)28(35)36-5)12-11-21(25(22)37-20-7-6-8-20)23-17-30-26(31-23)19-13-15-32(16-14-19)27(34)38-29(2,3)4;1-15-6-7-19-21(28(15)24(29)30-2)9-8-18(22(19)31-17-4-3-5-17)20-14-26-23(27-20)16-10-12-25-13-11-16;1-14-10-11-16-18(24(14)20(25)26-6)13-12-17(19(16)27-15-8-7-9-15)23-28-21(2,3)22(4,5)29-23;1-14(2,3)19-13(18)17-8-6-10(7-9-17)11-4-5-12(15)16-11;3-2(4,5)1(6)8-7/h11-12,17-20H,6-10,13-16H2,1-5H3,(H,30,31);8-9,14-17,25H,3-7,10-13H2,1-2H3,(H,26,27);12-15H,7-11H2,1-6H3;5,10H,4,6-9H2,1-3H3;7H/t18-;15-;14-;;/m000../s1. The van der Waals surface area contributed by atoms with Gasteiger partial charge in [0.05, 0.1) is 91.7 Å². The maximum absolute atomic E-state index is 12.6. The number of ether oxygens (including phenoxy) is 8. The van der Waals surface area contributed by atoms with Crippen LogP contribution in [0, 0.1) is 5.92 Å². The van der Waals surface area contributed by atoms with Crippen LogP contribution in [0.25, 0.3) is 22.5 Å². The van der Waals surface area contributed by atoms with E-state index in [4.69, 9.17) is 62.4 Å². The molecular formula is C91H126BBrF3N11O18. The van der Waals surface area contributed by atoms with Gasteiger partial charge in [0.15, 0.2) is 0 Å². The number of aromatic amines is 2. The van der Waals surface area contributed by atoms with E-state index in [1.807, 2.05) is 84.3 Å². The van der Waals surface area contributed by atoms with Gasteiger partial charge >= 0.3 is 49.7 Å². The monoisotopic (exact) mass is 1810 g/mol. The Morgan fingerprint density at radius 1 is 0.512 bits per heavy atom. The molecule has 16 rings (SSSR count). The number of benzene rings is 3. The van der Waals surface area contributed by atoms with Crippen molar-refractivity contribution in [2.75, 3.05) is 75.3 Å². The van der Waals surface area contributed by atoms with Crippen molar-refractivity contribution in [3.8, 4) is 39.8 Å². The SMILES string of the molecule is CC(C)(C)OC(=O)N1CCC(C2=NC(Br)=CC2)CC1.COC(=O)N1c2ccc(-c3cnc(C4CCN(C(=O)OC(C)(C)C)CC4)[nH]3)c(OC3CCC3)c2CC[C@@H]1C.COC(=O)N1c2ccc(-c3cnc(C4CCNCC4)[nH]3)c(OC3CCC3)c2CC[C@@H]1C.COC(=O)N1c2ccc(B3OC(C)(C)C(C)(C)O3)c(OC3CCC3)c2CC[C@@H]1C.O=C(OO)C(F)(F)F. The molecule has 0 unspecified atom stereocenters. The Morgan fingerprint density at radius 2 is 0.880 bits per heavy atom. The molecule has 2 aromatic heterocycles. The maximum atomic E-state index is 12.6. The Hall–Kier alpha value is -9.12. The molecule has 7 fully saturated rings. The largest absolute Gasteiger partial charge is 0.498 e. The fourth-order valence-corrected chi connectivity index (χ4v) is 17.5. The van der Waals surface area contributed by atoms with Crippen molar-refractivity contribution in [1.82, 2.24) is 35.1 Å². The van der Waals surface area contributed by atoms with Crippen LogP contribution >= 0.6 is 15.9 Å². The summed E-state index contributed by atoms with van der Waals surface area (Å²) in [7, 11) is 3.80. The van der Waals surface area contributed by atoms with Crippen LogP contribution in [0.5, 0.6) is 17.2 Å². The summed E-state index contributed by atoms with van der Waals surface area (Å²) in [5.41, 5.74) is 10.2. The Bertz CT molecular complexity index is 4670. The average molecular weight is 1810 g/mol. The number of nitrogens with zero attached hydrogens (tertiary/aromatic N) is 8. The second-order valence-corrected chi connectivity index (χ2v) is 38.0. The van der Waals surface area contributed by atoms with E-state index in [1.54, 1.807) is 24.5 Å². The summed E-state index contributed by atoms with van der Waals surface area (Å²) in [6.45, 7) is 30.6. The number of anilines is 3. The number of nitrogens with one attached hydrogen (secondary N) is 3. The molecule has 3 aromatic carbocycles. The second kappa shape index (κ2) is 40.5. The Kier molecular flexibility index (Phi) is 30.8. The van der Waals surface area contributed by atoms with E-state index in [2.05, 4.69) is 102 Å². The van der Waals surface area contributed by atoms with Gasteiger partial charge in [0.2, 0.25) is 0 Å². The van der Waals surface area contributed by atoms with Crippen LogP contribution in [-0.4, -0.2) is 210 Å². The van der Waals surface area contributed by atoms with E-state index in [9.17, 15) is 41.9 Å². The minimum absolute atomic E-state index is 0.0580. The van der Waals surface area contributed by atoms with E-state index >= 15 is 0 Å². The quantitative estimate of drug-likeness (QED) is 0.0296. The van der Waals surface area contributed by atoms with E-state index < -0.39 is 41.7 Å². The zero-order chi connectivity index (χ0) is 90.2. The number of hydrogen-bond donors (Lipinski definition) is 4. The van der Waals surface area contributed by atoms with Gasteiger partial charge in [-0.3, -0.25) is 24.6 Å². The number of hydrogen-bond acceptors (Lipinski definition) is 22. The molecule has 125 heavy (non-hydrogen) atoms. The van der Waals surface area contributed by atoms with Crippen LogP contribution in [0.15, 0.2) is 64.5 Å². The lowest BCUT2D eigenvalue weighted by atomic mass is 9.75. The van der Waals surface area contributed by atoms with Crippen LogP contribution < -0.4 is 39.7 Å². The highest BCUT2D eigenvalue weighted by atomic mass is 79.9. The van der Waals surface area contributed by atoms with E-state index in [0.29, 0.717) is 24.9 Å². The number of carbonyl (C=O) groups is 6. The molecule has 11 aliphatic rings. The van der Waals surface area contributed by atoms with Crippen molar-refractivity contribution in [2.45, 2.75) is 308 Å². The number of amides is 5. The molecule has 3 atom stereocenters. The van der Waals surface area contributed by atoms with Gasteiger partial charge in [0, 0.05) is 107 Å². The van der Waals surface area contributed by atoms with Gasteiger partial charge < -0.3 is 72.3 Å². The van der Waals surface area contributed by atoms with Crippen LogP contribution in [0.4, 0.5) is 54.2 Å². The zero-order valence-corrected chi connectivity index (χ0v) is 76.8. The van der Waals surface area contributed by atoms with Crippen LogP contribution in [0.3, 0.4) is 0 Å². The molecule has 10 heterocycles. The number of fused-ring (bicyclic) bond motifs is 3. The highest BCUT2D eigenvalue weighted by Crippen LogP contribution is 2.49. The lowest BCUT2D eigenvalue weighted by molar-refractivity contribution is -0.272. The number of alkyl halides is 3. The summed E-state index contributed by atoms with van der Waals surface area (Å²) in [6, 6.07) is 12.3. The molecule has 5 amide bonds. The van der Waals surface area contributed by atoms with Crippen molar-refractivity contribution in [1.29, 1.82) is 0 Å². The van der Waals surface area contributed by atoms with Gasteiger partial charge in [-0.2, -0.15) is 18.4 Å². The first-order chi connectivity index (χ1) is 59.3. The molecule has 29 nitrogen and oxygen atoms in total. The summed E-state index contributed by atoms with van der Waals surface area (Å²) >= 11 is 3.40. The number of allylic oxidation sites excluding steroid dienone is 1. The maximum Gasteiger partial charge on any atom is 0.498 e. The van der Waals surface area contributed by atoms with Gasteiger partial charge in [-0.15, -0.1) is 0 Å². The summed E-state index contributed by atoms with van der Waals surface area (Å²) in [5.74, 6) is 3.18. The number of likely N-dealkylation sites (tertiary alicyclic amines) is 2. The molecule has 4 saturated heterocycles. The van der Waals surface area contributed by atoms with Crippen molar-refractivity contribution < 1.29 is 99.3 Å². The van der Waals surface area contributed by atoms with E-state index in [1.165, 1.54) is 46.3 Å². The number of rotatable bonds is 12. The number of H-pyrrole nitrogens is 2. The molecule has 0 bridgehead atoms. The average Bonchev–Trinajstić information content (AvgIpc) is 1.51. The fourth-order valence-electron chi connectivity index (χ4n) is 17.1. The predicted molar refractivity (Wildman–Crippen MR) is 472 cm³/mol. The Labute approximate surface area is 740 Å². The number of piperidine rings is 3. The van der Waals surface area contributed by atoms with Gasteiger partial charge in [0.1, 0.15) is 44.7 Å². The van der Waals surface area contributed by atoms with Gasteiger partial charge in [-0.05, 0) is 290 Å². The van der Waals surface area contributed by atoms with Crippen LogP contribution in [0.1, 0.15) is 252 Å². The third-order valence-corrected chi connectivity index (χ3v) is 26.1. The van der Waals surface area contributed by atoms with Crippen molar-refractivity contribution >= 4 is 87.7 Å². The fraction of sp³-hybridized carbons (Fsp3) is 0.637. The first-order valence-corrected chi connectivity index (χ1v) is 45.1. The summed E-state index contributed by atoms with van der Waals surface area (Å²) in [5, 5.41) is 10.5. The molecule has 4 N–H and O–H groups in total. The second-order valence-electron chi connectivity index (χ2n) is 37.2. The Balaban J connectivity index is 0.000000150. The molecule has 0 spiro atoms. The highest BCUT2D eigenvalue weighted by Gasteiger charge is 2.54. The third-order valence-electron chi connectivity index (χ3n) is 25.6. The number of halogens is 4. The minimum atomic E-state index is -5.10. The summed E-state index contributed by atoms with van der Waals surface area (Å²) < 4.78 is 91.8. The Morgan fingerprint density at radius 3 is 1.22 bits per heavy atom. The number of aliphatic imine (C=N–C) groups is 1. The lowest BCUT2D eigenvalue weighted by Crippen LogP contribution is -2.44. The summed E-state index contributed by atoms with van der Waals surface area (Å²) in [6.07, 6.45) is 21.9. The van der Waals surface area contributed by atoms with Gasteiger partial charge in [0.25, 0.3) is 0 Å². The number of aromatic nitrogens is 4. The molecule has 8 aliphatic heterocycles. The van der Waals surface area contributed by atoms with Crippen molar-refractivity contribution in [2.24, 2.45) is 10.9 Å². The van der Waals surface area contributed by atoms with Gasteiger partial charge in [-0.1, -0.05) is 6.07 Å². The van der Waals surface area contributed by atoms with E-state index in [0.717, 1.165) is 243 Å². The minimum Gasteiger partial charge on any atom is -0.490 e.